The second kappa shape index (κ2) is 9.20. The van der Waals surface area contributed by atoms with Crippen molar-refractivity contribution in [1.29, 1.82) is 0 Å². The Bertz CT molecular complexity index is 941. The van der Waals surface area contributed by atoms with Crippen LogP contribution in [0.5, 0.6) is 5.75 Å². The molecule has 0 amide bonds. The minimum atomic E-state index is -1.06. The zero-order valence-corrected chi connectivity index (χ0v) is 16.5. The van der Waals surface area contributed by atoms with E-state index in [0.29, 0.717) is 22.1 Å². The summed E-state index contributed by atoms with van der Waals surface area (Å²) in [5.74, 6) is -1.10. The Morgan fingerprint density at radius 3 is 2.41 bits per heavy atom. The van der Waals surface area contributed by atoms with Crippen molar-refractivity contribution in [2.24, 2.45) is 0 Å². The Balaban J connectivity index is 2.02. The van der Waals surface area contributed by atoms with Gasteiger partial charge in [-0.05, 0) is 42.4 Å². The van der Waals surface area contributed by atoms with Crippen LogP contribution in [0.25, 0.3) is 5.70 Å². The molecule has 0 bridgehead atoms. The monoisotopic (exact) mass is 412 g/mol. The van der Waals surface area contributed by atoms with E-state index in [-0.39, 0.29) is 6.61 Å². The van der Waals surface area contributed by atoms with Crippen LogP contribution in [0, 0.1) is 0 Å². The summed E-state index contributed by atoms with van der Waals surface area (Å²) in [5, 5.41) is 15.3. The molecule has 0 aromatic heterocycles. The molecule has 0 radical (unpaired) electrons. The Kier molecular flexibility index (Phi) is 6.46. The van der Waals surface area contributed by atoms with Crippen molar-refractivity contribution in [3.8, 4) is 5.75 Å². The molecule has 1 atom stereocenters. The van der Waals surface area contributed by atoms with Crippen LogP contribution in [0.2, 0.25) is 0 Å². The Morgan fingerprint density at radius 1 is 1.10 bits per heavy atom. The molecule has 150 valence electrons. The highest BCUT2D eigenvalue weighted by Crippen LogP contribution is 2.32. The number of aliphatic carboxylic acids is 1. The standard InChI is InChI=1S/C21H20N2O5S/c1-2-27-20(26)17-18(13-6-4-3-5-7-13)22-21(29)23-19(17)14-8-10-15(11-9-14)28-12-16(24)25/h3-11,19H,2,12H2,1H3,(H,24,25)(H2,22,23,29). The number of ether oxygens (including phenoxy) is 2. The number of nitrogens with one attached hydrogen (secondary N) is 2. The summed E-state index contributed by atoms with van der Waals surface area (Å²) in [5.41, 5.74) is 2.56. The van der Waals surface area contributed by atoms with E-state index >= 15 is 0 Å². The highest BCUT2D eigenvalue weighted by molar-refractivity contribution is 7.80. The van der Waals surface area contributed by atoms with Crippen molar-refractivity contribution in [3.05, 3.63) is 71.3 Å². The smallest absolute Gasteiger partial charge is 0.341 e. The van der Waals surface area contributed by atoms with Gasteiger partial charge in [0.25, 0.3) is 0 Å². The predicted molar refractivity (Wildman–Crippen MR) is 111 cm³/mol. The van der Waals surface area contributed by atoms with E-state index in [4.69, 9.17) is 26.8 Å². The van der Waals surface area contributed by atoms with Gasteiger partial charge in [0.05, 0.1) is 23.9 Å². The second-order valence-electron chi connectivity index (χ2n) is 6.16. The van der Waals surface area contributed by atoms with Crippen molar-refractivity contribution in [3.63, 3.8) is 0 Å². The number of carboxylic acids is 1. The quantitative estimate of drug-likeness (QED) is 0.472. The van der Waals surface area contributed by atoms with Crippen molar-refractivity contribution in [1.82, 2.24) is 10.6 Å². The fourth-order valence-electron chi connectivity index (χ4n) is 2.98. The van der Waals surface area contributed by atoms with E-state index in [2.05, 4.69) is 10.6 Å². The SMILES string of the molecule is CCOC(=O)C1=C(c2ccccc2)NC(=S)NC1c1ccc(OCC(=O)O)cc1. The average Bonchev–Trinajstić information content (AvgIpc) is 2.72. The van der Waals surface area contributed by atoms with Crippen LogP contribution >= 0.6 is 12.2 Å². The normalized spacial score (nSPS) is 15.9. The number of rotatable bonds is 7. The molecule has 1 aliphatic rings. The minimum absolute atomic E-state index is 0.240. The van der Waals surface area contributed by atoms with E-state index in [1.165, 1.54) is 0 Å². The number of hydrogen-bond acceptors (Lipinski definition) is 5. The van der Waals surface area contributed by atoms with Gasteiger partial charge in [0.1, 0.15) is 5.75 Å². The van der Waals surface area contributed by atoms with Crippen LogP contribution < -0.4 is 15.4 Å². The van der Waals surface area contributed by atoms with E-state index in [0.717, 1.165) is 11.1 Å². The topological polar surface area (TPSA) is 96.9 Å². The van der Waals surface area contributed by atoms with Crippen molar-refractivity contribution < 1.29 is 24.2 Å². The molecule has 7 nitrogen and oxygen atoms in total. The van der Waals surface area contributed by atoms with E-state index in [1.54, 1.807) is 31.2 Å². The molecule has 8 heteroatoms. The molecular formula is C21H20N2O5S. The lowest BCUT2D eigenvalue weighted by Crippen LogP contribution is -2.45. The van der Waals surface area contributed by atoms with Gasteiger partial charge in [-0.25, -0.2) is 9.59 Å². The molecule has 29 heavy (non-hydrogen) atoms. The van der Waals surface area contributed by atoms with Crippen LogP contribution in [0.1, 0.15) is 24.1 Å². The lowest BCUT2D eigenvalue weighted by atomic mass is 9.93. The zero-order chi connectivity index (χ0) is 20.8. The number of thiocarbonyl (C=S) groups is 1. The maximum Gasteiger partial charge on any atom is 0.341 e. The predicted octanol–water partition coefficient (Wildman–Crippen LogP) is 2.64. The lowest BCUT2D eigenvalue weighted by molar-refractivity contribution is -0.140. The Morgan fingerprint density at radius 2 is 1.79 bits per heavy atom. The Hall–Kier alpha value is -3.39. The molecule has 2 aromatic rings. The fraction of sp³-hybridized carbons (Fsp3) is 0.190. The van der Waals surface area contributed by atoms with E-state index in [1.807, 2.05) is 30.3 Å². The van der Waals surface area contributed by atoms with Crippen LogP contribution in [-0.2, 0) is 14.3 Å². The molecular weight excluding hydrogens is 392 g/mol. The molecule has 0 spiro atoms. The lowest BCUT2D eigenvalue weighted by Gasteiger charge is -2.31. The molecule has 0 aliphatic carbocycles. The average molecular weight is 412 g/mol. The summed E-state index contributed by atoms with van der Waals surface area (Å²) in [6.45, 7) is 1.56. The first-order valence-electron chi connectivity index (χ1n) is 8.98. The first-order valence-corrected chi connectivity index (χ1v) is 9.39. The van der Waals surface area contributed by atoms with Crippen molar-refractivity contribution in [2.45, 2.75) is 13.0 Å². The number of hydrogen-bond donors (Lipinski definition) is 3. The number of carboxylic acid groups (broad SMARTS) is 1. The number of benzene rings is 2. The van der Waals surface area contributed by atoms with Gasteiger partial charge >= 0.3 is 11.9 Å². The van der Waals surface area contributed by atoms with Crippen LogP contribution in [0.3, 0.4) is 0 Å². The first-order chi connectivity index (χ1) is 14.0. The largest absolute Gasteiger partial charge is 0.482 e. The zero-order valence-electron chi connectivity index (χ0n) is 15.7. The third-order valence-corrected chi connectivity index (χ3v) is 4.43. The van der Waals surface area contributed by atoms with Crippen molar-refractivity contribution >= 4 is 35.0 Å². The summed E-state index contributed by atoms with van der Waals surface area (Å²) < 4.78 is 10.5. The van der Waals surface area contributed by atoms with Crippen molar-refractivity contribution in [2.75, 3.05) is 13.2 Å². The molecule has 3 N–H and O–H groups in total. The van der Waals surface area contributed by atoms with Crippen LogP contribution in [-0.4, -0.2) is 35.4 Å². The van der Waals surface area contributed by atoms with Gasteiger partial charge in [-0.1, -0.05) is 42.5 Å². The van der Waals surface area contributed by atoms with Gasteiger partial charge in [-0.15, -0.1) is 0 Å². The number of carbonyl (C=O) groups excluding carboxylic acids is 1. The maximum atomic E-state index is 12.8. The van der Waals surface area contributed by atoms with Crippen LogP contribution in [0.4, 0.5) is 0 Å². The third-order valence-electron chi connectivity index (χ3n) is 4.21. The molecule has 1 aliphatic heterocycles. The molecule has 0 saturated carbocycles. The van der Waals surface area contributed by atoms with Crippen LogP contribution in [0.15, 0.2) is 60.2 Å². The fourth-order valence-corrected chi connectivity index (χ4v) is 3.20. The summed E-state index contributed by atoms with van der Waals surface area (Å²) in [6.07, 6.45) is 0. The molecule has 3 rings (SSSR count). The maximum absolute atomic E-state index is 12.8. The van der Waals surface area contributed by atoms with Gasteiger partial charge in [0, 0.05) is 0 Å². The minimum Gasteiger partial charge on any atom is -0.482 e. The highest BCUT2D eigenvalue weighted by atomic mass is 32.1. The third kappa shape index (κ3) is 4.91. The molecule has 2 aromatic carbocycles. The van der Waals surface area contributed by atoms with Gasteiger partial charge < -0.3 is 25.2 Å². The number of carbonyl (C=O) groups is 2. The van der Waals surface area contributed by atoms with E-state index < -0.39 is 24.6 Å². The van der Waals surface area contributed by atoms with Gasteiger partial charge in [0.2, 0.25) is 0 Å². The van der Waals surface area contributed by atoms with Gasteiger partial charge in [-0.3, -0.25) is 0 Å². The summed E-state index contributed by atoms with van der Waals surface area (Å²) >= 11 is 5.36. The second-order valence-corrected chi connectivity index (χ2v) is 6.57. The molecule has 0 saturated heterocycles. The summed E-state index contributed by atoms with van der Waals surface area (Å²) in [4.78, 5) is 23.5. The number of esters is 1. The van der Waals surface area contributed by atoms with E-state index in [9.17, 15) is 9.59 Å². The molecule has 0 fully saturated rings. The van der Waals surface area contributed by atoms with Gasteiger partial charge in [0.15, 0.2) is 11.7 Å². The molecule has 1 heterocycles. The summed E-state index contributed by atoms with van der Waals surface area (Å²) in [7, 11) is 0. The first kappa shape index (κ1) is 20.3. The molecule has 1 unspecified atom stereocenters. The highest BCUT2D eigenvalue weighted by Gasteiger charge is 2.33. The van der Waals surface area contributed by atoms with Gasteiger partial charge in [-0.2, -0.15) is 0 Å². The summed E-state index contributed by atoms with van der Waals surface area (Å²) in [6, 6.07) is 15.7. The Labute approximate surface area is 173 Å².